The number of nitrogens with one attached hydrogen (secondary N) is 1. The number of nitro benzene ring substituents is 1. The van der Waals surface area contributed by atoms with Crippen molar-refractivity contribution in [3.05, 3.63) is 33.9 Å². The van der Waals surface area contributed by atoms with Crippen LogP contribution >= 0.6 is 0 Å². The predicted octanol–water partition coefficient (Wildman–Crippen LogP) is 0.712. The Labute approximate surface area is 108 Å². The molecule has 3 N–H and O–H groups in total. The standard InChI is InChI=1S/C11H14N2O6/c1-19-6-7(5-14)12-10-3-2-8(13(17)18)4-9(10)11(15)16/h2-4,7,12,14H,5-6H2,1H3,(H,15,16). The molecule has 0 aliphatic rings. The van der Waals surface area contributed by atoms with Gasteiger partial charge in [-0.15, -0.1) is 0 Å². The molecule has 1 aromatic carbocycles. The molecule has 0 bridgehead atoms. The van der Waals surface area contributed by atoms with Gasteiger partial charge in [-0.1, -0.05) is 0 Å². The first-order chi connectivity index (χ1) is 8.99. The number of aliphatic hydroxyl groups is 1. The lowest BCUT2D eigenvalue weighted by molar-refractivity contribution is -0.384. The Morgan fingerprint density at radius 3 is 2.74 bits per heavy atom. The van der Waals surface area contributed by atoms with E-state index >= 15 is 0 Å². The Bertz CT molecular complexity index is 476. The van der Waals surface area contributed by atoms with Crippen LogP contribution in [0.2, 0.25) is 0 Å². The maximum absolute atomic E-state index is 11.1. The van der Waals surface area contributed by atoms with Crippen molar-refractivity contribution in [2.24, 2.45) is 0 Å². The third-order valence-corrected chi connectivity index (χ3v) is 2.39. The van der Waals surface area contributed by atoms with E-state index in [2.05, 4.69) is 5.32 Å². The Morgan fingerprint density at radius 1 is 1.58 bits per heavy atom. The SMILES string of the molecule is COCC(CO)Nc1ccc([N+](=O)[O-])cc1C(=O)O. The molecule has 0 aliphatic carbocycles. The lowest BCUT2D eigenvalue weighted by atomic mass is 10.1. The minimum atomic E-state index is -1.29. The molecular formula is C11H14N2O6. The van der Waals surface area contributed by atoms with Crippen molar-refractivity contribution in [2.75, 3.05) is 25.6 Å². The number of carbonyl (C=O) groups is 1. The summed E-state index contributed by atoms with van der Waals surface area (Å²) in [6.07, 6.45) is 0. The van der Waals surface area contributed by atoms with Crippen LogP contribution in [0.3, 0.4) is 0 Å². The third-order valence-electron chi connectivity index (χ3n) is 2.39. The summed E-state index contributed by atoms with van der Waals surface area (Å²) in [5.41, 5.74) is -0.354. The van der Waals surface area contributed by atoms with E-state index in [9.17, 15) is 14.9 Å². The molecule has 0 saturated heterocycles. The van der Waals surface area contributed by atoms with Gasteiger partial charge < -0.3 is 20.3 Å². The number of hydrogen-bond acceptors (Lipinski definition) is 6. The molecule has 8 heteroatoms. The van der Waals surface area contributed by atoms with Gasteiger partial charge in [0.25, 0.3) is 5.69 Å². The topological polar surface area (TPSA) is 122 Å². The van der Waals surface area contributed by atoms with Crippen LogP contribution in [0.1, 0.15) is 10.4 Å². The van der Waals surface area contributed by atoms with Gasteiger partial charge in [-0.05, 0) is 6.07 Å². The monoisotopic (exact) mass is 270 g/mol. The van der Waals surface area contributed by atoms with Gasteiger partial charge in [-0.25, -0.2) is 4.79 Å². The first kappa shape index (κ1) is 14.9. The second kappa shape index (κ2) is 6.66. The molecule has 0 radical (unpaired) electrons. The Morgan fingerprint density at radius 2 is 2.26 bits per heavy atom. The van der Waals surface area contributed by atoms with E-state index in [0.717, 1.165) is 6.07 Å². The molecule has 8 nitrogen and oxygen atoms in total. The Kier molecular flexibility index (Phi) is 5.22. The fraction of sp³-hybridized carbons (Fsp3) is 0.364. The van der Waals surface area contributed by atoms with Crippen LogP contribution in [0.15, 0.2) is 18.2 Å². The molecule has 0 aromatic heterocycles. The average molecular weight is 270 g/mol. The molecule has 19 heavy (non-hydrogen) atoms. The van der Waals surface area contributed by atoms with Crippen molar-refractivity contribution in [1.82, 2.24) is 0 Å². The zero-order valence-corrected chi connectivity index (χ0v) is 10.2. The highest BCUT2D eigenvalue weighted by Gasteiger charge is 2.18. The van der Waals surface area contributed by atoms with Crippen LogP contribution in [0.25, 0.3) is 0 Å². The molecule has 1 aromatic rings. The van der Waals surface area contributed by atoms with Crippen LogP contribution in [0.4, 0.5) is 11.4 Å². The number of benzene rings is 1. The minimum Gasteiger partial charge on any atom is -0.478 e. The summed E-state index contributed by atoms with van der Waals surface area (Å²) in [6, 6.07) is 2.95. The van der Waals surface area contributed by atoms with Crippen molar-refractivity contribution in [3.63, 3.8) is 0 Å². The van der Waals surface area contributed by atoms with Gasteiger partial charge in [0.2, 0.25) is 0 Å². The molecule has 0 aliphatic heterocycles. The average Bonchev–Trinajstić information content (AvgIpc) is 2.37. The second-order valence-electron chi connectivity index (χ2n) is 3.77. The van der Waals surface area contributed by atoms with E-state index in [1.165, 1.54) is 19.2 Å². The summed E-state index contributed by atoms with van der Waals surface area (Å²) in [6.45, 7) is -0.0869. The smallest absolute Gasteiger partial charge is 0.338 e. The van der Waals surface area contributed by atoms with E-state index < -0.39 is 16.9 Å². The number of carboxylic acids is 1. The zero-order valence-electron chi connectivity index (χ0n) is 10.2. The van der Waals surface area contributed by atoms with E-state index in [4.69, 9.17) is 14.9 Å². The van der Waals surface area contributed by atoms with Gasteiger partial charge in [-0.2, -0.15) is 0 Å². The predicted molar refractivity (Wildman–Crippen MR) is 66.4 cm³/mol. The summed E-state index contributed by atoms with van der Waals surface area (Å²) in [5.74, 6) is -1.29. The highest BCUT2D eigenvalue weighted by Crippen LogP contribution is 2.22. The minimum absolute atomic E-state index is 0.173. The molecule has 0 saturated carbocycles. The van der Waals surface area contributed by atoms with Gasteiger partial charge in [0.1, 0.15) is 0 Å². The number of carboxylic acid groups (broad SMARTS) is 1. The summed E-state index contributed by atoms with van der Waals surface area (Å²) >= 11 is 0. The number of aromatic carboxylic acids is 1. The van der Waals surface area contributed by atoms with Crippen molar-refractivity contribution >= 4 is 17.3 Å². The van der Waals surface area contributed by atoms with Crippen LogP contribution in [-0.2, 0) is 4.74 Å². The molecule has 0 heterocycles. The molecule has 1 unspecified atom stereocenters. The van der Waals surface area contributed by atoms with Gasteiger partial charge in [0.05, 0.1) is 29.7 Å². The number of nitrogens with zero attached hydrogens (tertiary/aromatic N) is 1. The highest BCUT2D eigenvalue weighted by atomic mass is 16.6. The summed E-state index contributed by atoms with van der Waals surface area (Å²) < 4.78 is 4.85. The molecule has 0 amide bonds. The first-order valence-corrected chi connectivity index (χ1v) is 5.37. The van der Waals surface area contributed by atoms with E-state index in [-0.39, 0.29) is 30.2 Å². The number of hydrogen-bond donors (Lipinski definition) is 3. The molecule has 1 atom stereocenters. The van der Waals surface area contributed by atoms with Gasteiger partial charge in [0, 0.05) is 24.9 Å². The number of nitro groups is 1. The van der Waals surface area contributed by atoms with Crippen molar-refractivity contribution in [1.29, 1.82) is 0 Å². The molecular weight excluding hydrogens is 256 g/mol. The summed E-state index contributed by atoms with van der Waals surface area (Å²) in [7, 11) is 1.44. The molecule has 104 valence electrons. The van der Waals surface area contributed by atoms with E-state index in [1.807, 2.05) is 0 Å². The zero-order chi connectivity index (χ0) is 14.4. The van der Waals surface area contributed by atoms with Crippen LogP contribution in [0.5, 0.6) is 0 Å². The largest absolute Gasteiger partial charge is 0.478 e. The maximum Gasteiger partial charge on any atom is 0.338 e. The van der Waals surface area contributed by atoms with Crippen molar-refractivity contribution in [3.8, 4) is 0 Å². The van der Waals surface area contributed by atoms with Crippen LogP contribution < -0.4 is 5.32 Å². The molecule has 0 fully saturated rings. The fourth-order valence-corrected chi connectivity index (χ4v) is 1.51. The number of aliphatic hydroxyl groups excluding tert-OH is 1. The maximum atomic E-state index is 11.1. The van der Waals surface area contributed by atoms with E-state index in [1.54, 1.807) is 0 Å². The number of rotatable bonds is 7. The van der Waals surface area contributed by atoms with Gasteiger partial charge >= 0.3 is 5.97 Å². The molecule has 1 rings (SSSR count). The Balaban J connectivity index is 3.06. The second-order valence-corrected chi connectivity index (χ2v) is 3.77. The lowest BCUT2D eigenvalue weighted by Gasteiger charge is -2.17. The third kappa shape index (κ3) is 3.90. The summed E-state index contributed by atoms with van der Waals surface area (Å²) in [5, 5.41) is 31.5. The molecule has 0 spiro atoms. The lowest BCUT2D eigenvalue weighted by Crippen LogP contribution is -2.29. The number of ether oxygens (including phenoxy) is 1. The quantitative estimate of drug-likeness (QED) is 0.492. The number of anilines is 1. The van der Waals surface area contributed by atoms with Crippen molar-refractivity contribution < 1.29 is 24.7 Å². The van der Waals surface area contributed by atoms with Gasteiger partial charge in [-0.3, -0.25) is 10.1 Å². The fourth-order valence-electron chi connectivity index (χ4n) is 1.51. The normalized spacial score (nSPS) is 11.9. The van der Waals surface area contributed by atoms with Gasteiger partial charge in [0.15, 0.2) is 0 Å². The first-order valence-electron chi connectivity index (χ1n) is 5.37. The van der Waals surface area contributed by atoms with Crippen LogP contribution in [-0.4, -0.2) is 47.5 Å². The number of non-ortho nitro benzene ring substituents is 1. The van der Waals surface area contributed by atoms with E-state index in [0.29, 0.717) is 0 Å². The Hall–Kier alpha value is -2.19. The van der Waals surface area contributed by atoms with Crippen molar-refractivity contribution in [2.45, 2.75) is 6.04 Å². The summed E-state index contributed by atoms with van der Waals surface area (Å²) in [4.78, 5) is 21.0. The highest BCUT2D eigenvalue weighted by molar-refractivity contribution is 5.95. The van der Waals surface area contributed by atoms with Crippen LogP contribution in [0, 0.1) is 10.1 Å². The number of methoxy groups -OCH3 is 1.